The van der Waals surface area contributed by atoms with Crippen molar-refractivity contribution in [2.75, 3.05) is 12.9 Å². The number of thioether (sulfide) groups is 1. The largest absolute Gasteiger partial charge is 0.497 e. The lowest BCUT2D eigenvalue weighted by atomic mass is 10.1. The van der Waals surface area contributed by atoms with Gasteiger partial charge in [-0.3, -0.25) is 10.4 Å². The summed E-state index contributed by atoms with van der Waals surface area (Å²) in [4.78, 5) is 4.52. The highest BCUT2D eigenvalue weighted by Gasteiger charge is 2.19. The SMILES string of the molecule is COc1ccc(-n2c(C)cc(C3=NNC(=NC(C)C)SC3)c2C)cc1. The minimum atomic E-state index is 0.270. The lowest BCUT2D eigenvalue weighted by Crippen LogP contribution is -2.26. The van der Waals surface area contributed by atoms with E-state index in [2.05, 4.69) is 66.0 Å². The second-order valence-corrected chi connectivity index (χ2v) is 7.27. The molecule has 6 heteroatoms. The first-order chi connectivity index (χ1) is 12.0. The van der Waals surface area contributed by atoms with Gasteiger partial charge in [0.25, 0.3) is 0 Å². The molecular weight excluding hydrogens is 332 g/mol. The van der Waals surface area contributed by atoms with Crippen LogP contribution in [0.1, 0.15) is 30.8 Å². The first-order valence-corrected chi connectivity index (χ1v) is 9.35. The number of aromatic nitrogens is 1. The Morgan fingerprint density at radius 2 is 1.96 bits per heavy atom. The number of nitrogens with zero attached hydrogens (tertiary/aromatic N) is 3. The summed E-state index contributed by atoms with van der Waals surface area (Å²) < 4.78 is 7.50. The van der Waals surface area contributed by atoms with Crippen LogP contribution in [-0.2, 0) is 0 Å². The van der Waals surface area contributed by atoms with Crippen LogP contribution in [0.5, 0.6) is 5.75 Å². The zero-order valence-corrected chi connectivity index (χ0v) is 16.1. The van der Waals surface area contributed by atoms with Crippen LogP contribution >= 0.6 is 11.8 Å². The molecule has 0 spiro atoms. The first-order valence-electron chi connectivity index (χ1n) is 8.36. The predicted molar refractivity (Wildman–Crippen MR) is 106 cm³/mol. The zero-order valence-electron chi connectivity index (χ0n) is 15.3. The van der Waals surface area contributed by atoms with Crippen LogP contribution in [0.15, 0.2) is 40.4 Å². The first kappa shape index (κ1) is 17.6. The molecule has 1 aliphatic heterocycles. The Labute approximate surface area is 153 Å². The number of benzene rings is 1. The van der Waals surface area contributed by atoms with E-state index in [0.717, 1.165) is 28.1 Å². The average molecular weight is 356 g/mol. The van der Waals surface area contributed by atoms with Gasteiger partial charge in [-0.15, -0.1) is 0 Å². The van der Waals surface area contributed by atoms with Gasteiger partial charge in [-0.2, -0.15) is 5.10 Å². The number of hydrogen-bond donors (Lipinski definition) is 1. The second-order valence-electron chi connectivity index (χ2n) is 6.31. The molecule has 1 aromatic carbocycles. The highest BCUT2D eigenvalue weighted by Crippen LogP contribution is 2.25. The molecule has 5 nitrogen and oxygen atoms in total. The molecular formula is C19H24N4OS. The van der Waals surface area contributed by atoms with Crippen molar-refractivity contribution < 1.29 is 4.74 Å². The van der Waals surface area contributed by atoms with E-state index in [9.17, 15) is 0 Å². The third kappa shape index (κ3) is 3.74. The third-order valence-corrected chi connectivity index (χ3v) is 4.97. The van der Waals surface area contributed by atoms with Crippen molar-refractivity contribution in [1.29, 1.82) is 0 Å². The Kier molecular flexibility index (Phi) is 5.18. The molecule has 0 amide bonds. The van der Waals surface area contributed by atoms with Crippen molar-refractivity contribution in [3.05, 3.63) is 47.3 Å². The standard InChI is InChI=1S/C19H24N4OS/c1-12(2)20-19-22-21-18(11-25-19)17-10-13(3)23(14(17)4)15-6-8-16(24-5)9-7-15/h6-10,12H,11H2,1-5H3,(H,20,22). The van der Waals surface area contributed by atoms with E-state index in [1.165, 1.54) is 17.0 Å². The van der Waals surface area contributed by atoms with Crippen LogP contribution in [0, 0.1) is 13.8 Å². The molecule has 0 fully saturated rings. The molecule has 1 N–H and O–H groups in total. The van der Waals surface area contributed by atoms with Crippen LogP contribution in [0.4, 0.5) is 0 Å². The van der Waals surface area contributed by atoms with Gasteiger partial charge in [0.1, 0.15) is 5.75 Å². The van der Waals surface area contributed by atoms with Crippen molar-refractivity contribution in [3.8, 4) is 11.4 Å². The summed E-state index contributed by atoms with van der Waals surface area (Å²) in [6, 6.07) is 10.6. The van der Waals surface area contributed by atoms with Crippen molar-refractivity contribution >= 4 is 22.6 Å². The number of aliphatic imine (C=N–C) groups is 1. The van der Waals surface area contributed by atoms with Crippen LogP contribution in [0.25, 0.3) is 5.69 Å². The van der Waals surface area contributed by atoms with Gasteiger partial charge in [-0.1, -0.05) is 11.8 Å². The summed E-state index contributed by atoms with van der Waals surface area (Å²) in [6.07, 6.45) is 0. The second kappa shape index (κ2) is 7.35. The number of rotatable bonds is 4. The number of hydrazone groups is 1. The van der Waals surface area contributed by atoms with Gasteiger partial charge < -0.3 is 9.30 Å². The fourth-order valence-corrected chi connectivity index (χ4v) is 3.83. The Morgan fingerprint density at radius 1 is 1.24 bits per heavy atom. The fraction of sp³-hybridized carbons (Fsp3) is 0.368. The quantitative estimate of drug-likeness (QED) is 0.904. The Hall–Kier alpha value is -2.21. The highest BCUT2D eigenvalue weighted by atomic mass is 32.2. The molecule has 0 unspecified atom stereocenters. The molecule has 0 bridgehead atoms. The van der Waals surface area contributed by atoms with Crippen molar-refractivity contribution in [2.45, 2.75) is 33.7 Å². The molecule has 0 aliphatic carbocycles. The molecule has 2 heterocycles. The minimum Gasteiger partial charge on any atom is -0.497 e. The average Bonchev–Trinajstić information content (AvgIpc) is 2.90. The Morgan fingerprint density at radius 3 is 2.52 bits per heavy atom. The molecule has 1 aliphatic rings. The maximum atomic E-state index is 5.25. The van der Waals surface area contributed by atoms with Gasteiger partial charge in [-0.25, -0.2) is 0 Å². The molecule has 1 aromatic heterocycles. The van der Waals surface area contributed by atoms with E-state index < -0.39 is 0 Å². The van der Waals surface area contributed by atoms with E-state index in [0.29, 0.717) is 0 Å². The van der Waals surface area contributed by atoms with Crippen LogP contribution in [0.2, 0.25) is 0 Å². The van der Waals surface area contributed by atoms with E-state index in [-0.39, 0.29) is 6.04 Å². The predicted octanol–water partition coefficient (Wildman–Crippen LogP) is 3.91. The van der Waals surface area contributed by atoms with E-state index in [1.807, 2.05) is 12.1 Å². The maximum absolute atomic E-state index is 5.25. The number of ether oxygens (including phenoxy) is 1. The van der Waals surface area contributed by atoms with Gasteiger partial charge in [0, 0.05) is 34.4 Å². The zero-order chi connectivity index (χ0) is 18.0. The number of amidine groups is 1. The Bertz CT molecular complexity index is 819. The summed E-state index contributed by atoms with van der Waals surface area (Å²) in [7, 11) is 1.68. The van der Waals surface area contributed by atoms with Crippen molar-refractivity contribution in [2.24, 2.45) is 10.1 Å². The molecule has 0 atom stereocenters. The van der Waals surface area contributed by atoms with Crippen LogP contribution < -0.4 is 10.2 Å². The maximum Gasteiger partial charge on any atom is 0.177 e. The fourth-order valence-electron chi connectivity index (χ4n) is 2.94. The summed E-state index contributed by atoms with van der Waals surface area (Å²) in [5, 5.41) is 5.44. The topological polar surface area (TPSA) is 50.9 Å². The van der Waals surface area contributed by atoms with Crippen molar-refractivity contribution in [3.63, 3.8) is 0 Å². The summed E-state index contributed by atoms with van der Waals surface area (Å²) >= 11 is 1.70. The van der Waals surface area contributed by atoms with Crippen molar-refractivity contribution in [1.82, 2.24) is 9.99 Å². The van der Waals surface area contributed by atoms with Gasteiger partial charge >= 0.3 is 0 Å². The van der Waals surface area contributed by atoms with Crippen LogP contribution in [0.3, 0.4) is 0 Å². The van der Waals surface area contributed by atoms with Gasteiger partial charge in [-0.05, 0) is 58.0 Å². The van der Waals surface area contributed by atoms with Gasteiger partial charge in [0.15, 0.2) is 5.17 Å². The summed E-state index contributed by atoms with van der Waals surface area (Å²) in [5.74, 6) is 1.69. The van der Waals surface area contributed by atoms with E-state index >= 15 is 0 Å². The number of nitrogens with one attached hydrogen (secondary N) is 1. The smallest absolute Gasteiger partial charge is 0.177 e. The molecule has 0 radical (unpaired) electrons. The molecule has 2 aromatic rings. The monoisotopic (exact) mass is 356 g/mol. The molecule has 3 rings (SSSR count). The number of hydrogen-bond acceptors (Lipinski definition) is 4. The molecule has 0 saturated carbocycles. The van der Waals surface area contributed by atoms with E-state index in [4.69, 9.17) is 4.74 Å². The van der Waals surface area contributed by atoms with E-state index in [1.54, 1.807) is 18.9 Å². The summed E-state index contributed by atoms with van der Waals surface area (Å²) in [6.45, 7) is 8.39. The number of aryl methyl sites for hydroxylation is 1. The molecule has 25 heavy (non-hydrogen) atoms. The third-order valence-electron chi connectivity index (χ3n) is 4.08. The normalized spacial score (nSPS) is 16.1. The highest BCUT2D eigenvalue weighted by molar-refractivity contribution is 8.14. The number of methoxy groups -OCH3 is 1. The molecule has 0 saturated heterocycles. The van der Waals surface area contributed by atoms with Gasteiger partial charge in [0.2, 0.25) is 0 Å². The lowest BCUT2D eigenvalue weighted by molar-refractivity contribution is 0.414. The Balaban J connectivity index is 1.91. The summed E-state index contributed by atoms with van der Waals surface area (Å²) in [5.41, 5.74) is 8.82. The van der Waals surface area contributed by atoms with Gasteiger partial charge in [0.05, 0.1) is 12.8 Å². The lowest BCUT2D eigenvalue weighted by Gasteiger charge is -2.16. The molecule has 132 valence electrons. The minimum absolute atomic E-state index is 0.270. The van der Waals surface area contributed by atoms with Crippen LogP contribution in [-0.4, -0.2) is 34.4 Å².